The lowest BCUT2D eigenvalue weighted by molar-refractivity contribution is 0.104. The summed E-state index contributed by atoms with van der Waals surface area (Å²) in [4.78, 5) is 12.2. The van der Waals surface area contributed by atoms with Gasteiger partial charge in [-0.25, -0.2) is 0 Å². The predicted molar refractivity (Wildman–Crippen MR) is 91.8 cm³/mol. The van der Waals surface area contributed by atoms with Crippen LogP contribution in [0.4, 0.5) is 0 Å². The van der Waals surface area contributed by atoms with E-state index in [-0.39, 0.29) is 5.78 Å². The molecule has 0 aliphatic carbocycles. The summed E-state index contributed by atoms with van der Waals surface area (Å²) in [6, 6.07) is 12.1. The molecule has 23 heavy (non-hydrogen) atoms. The second-order valence-corrected chi connectivity index (χ2v) is 5.47. The number of ketones is 1. The molecule has 0 atom stereocenters. The van der Waals surface area contributed by atoms with Gasteiger partial charge in [0.05, 0.1) is 25.9 Å². The Kier molecular flexibility index (Phi) is 5.56. The molecule has 0 aliphatic rings. The first-order valence-corrected chi connectivity index (χ1v) is 7.52. The number of allylic oxidation sites excluding steroid dienone is 1. The molecule has 0 fully saturated rings. The normalized spacial score (nSPS) is 10.3. The van der Waals surface area contributed by atoms with Gasteiger partial charge < -0.3 is 9.47 Å². The third-order valence-corrected chi connectivity index (χ3v) is 3.90. The van der Waals surface area contributed by atoms with Gasteiger partial charge in [-0.05, 0) is 54.1 Å². The highest BCUT2D eigenvalue weighted by molar-refractivity contribution is 9.10. The van der Waals surface area contributed by atoms with Gasteiger partial charge in [-0.3, -0.25) is 4.79 Å². The Balaban J connectivity index is 2.25. The molecule has 2 aromatic rings. The largest absolute Gasteiger partial charge is 0.493 e. The Morgan fingerprint density at radius 3 is 2.30 bits per heavy atom. The van der Waals surface area contributed by atoms with Crippen LogP contribution in [0, 0.1) is 11.3 Å². The highest BCUT2D eigenvalue weighted by Crippen LogP contribution is 2.33. The molecule has 0 radical (unpaired) electrons. The molecule has 0 unspecified atom stereocenters. The Bertz CT molecular complexity index is 789. The molecule has 2 rings (SSSR count). The van der Waals surface area contributed by atoms with Crippen molar-refractivity contribution < 1.29 is 14.3 Å². The number of halogens is 1. The molecule has 0 saturated carbocycles. The second-order valence-electron chi connectivity index (χ2n) is 4.62. The fourth-order valence-corrected chi connectivity index (χ4v) is 2.42. The molecule has 116 valence electrons. The van der Waals surface area contributed by atoms with Crippen LogP contribution < -0.4 is 9.47 Å². The summed E-state index contributed by atoms with van der Waals surface area (Å²) in [5.41, 5.74) is 1.84. The molecule has 0 spiro atoms. The molecule has 0 aromatic heterocycles. The number of carbonyl (C=O) groups is 1. The number of rotatable bonds is 5. The van der Waals surface area contributed by atoms with Crippen LogP contribution in [0.5, 0.6) is 11.5 Å². The second kappa shape index (κ2) is 7.61. The van der Waals surface area contributed by atoms with Crippen LogP contribution in [0.25, 0.3) is 6.08 Å². The van der Waals surface area contributed by atoms with E-state index in [0.29, 0.717) is 22.6 Å². The summed E-state index contributed by atoms with van der Waals surface area (Å²) in [7, 11) is 3.12. The molecule has 0 bridgehead atoms. The summed E-state index contributed by atoms with van der Waals surface area (Å²) in [6.07, 6.45) is 3.18. The zero-order valence-electron chi connectivity index (χ0n) is 12.7. The van der Waals surface area contributed by atoms with Crippen LogP contribution in [0.15, 0.2) is 46.9 Å². The maximum atomic E-state index is 12.2. The van der Waals surface area contributed by atoms with Crippen molar-refractivity contribution in [2.45, 2.75) is 0 Å². The van der Waals surface area contributed by atoms with Crippen molar-refractivity contribution in [1.29, 1.82) is 5.26 Å². The van der Waals surface area contributed by atoms with Crippen LogP contribution >= 0.6 is 15.9 Å². The van der Waals surface area contributed by atoms with Gasteiger partial charge in [0, 0.05) is 10.0 Å². The van der Waals surface area contributed by atoms with Gasteiger partial charge in [-0.2, -0.15) is 5.26 Å². The van der Waals surface area contributed by atoms with Crippen molar-refractivity contribution in [3.05, 3.63) is 63.6 Å². The van der Waals surface area contributed by atoms with E-state index in [0.717, 1.165) is 10.0 Å². The fourth-order valence-electron chi connectivity index (χ4n) is 1.97. The van der Waals surface area contributed by atoms with Gasteiger partial charge in [0.25, 0.3) is 0 Å². The van der Waals surface area contributed by atoms with Crippen LogP contribution in [0.3, 0.4) is 0 Å². The zero-order valence-corrected chi connectivity index (χ0v) is 14.3. The molecule has 0 aliphatic heterocycles. The summed E-state index contributed by atoms with van der Waals surface area (Å²) in [6.45, 7) is 0. The van der Waals surface area contributed by atoms with Crippen molar-refractivity contribution in [1.82, 2.24) is 0 Å². The van der Waals surface area contributed by atoms with Crippen LogP contribution in [-0.2, 0) is 0 Å². The minimum atomic E-state index is -0.142. The summed E-state index contributed by atoms with van der Waals surface area (Å²) < 4.78 is 11.3. The number of hydrogen-bond acceptors (Lipinski definition) is 4. The van der Waals surface area contributed by atoms with Crippen molar-refractivity contribution >= 4 is 27.8 Å². The van der Waals surface area contributed by atoms with E-state index in [1.807, 2.05) is 6.07 Å². The van der Waals surface area contributed by atoms with Gasteiger partial charge >= 0.3 is 0 Å². The van der Waals surface area contributed by atoms with E-state index in [9.17, 15) is 4.79 Å². The number of nitriles is 1. The fraction of sp³-hybridized carbons (Fsp3) is 0.111. The first-order valence-electron chi connectivity index (χ1n) is 6.73. The molecule has 0 amide bonds. The number of nitrogens with zero attached hydrogens (tertiary/aromatic N) is 1. The number of benzene rings is 2. The number of carbonyl (C=O) groups excluding carboxylic acids is 1. The number of ether oxygens (including phenoxy) is 2. The number of methoxy groups -OCH3 is 2. The Labute approximate surface area is 143 Å². The zero-order chi connectivity index (χ0) is 16.8. The average Bonchev–Trinajstić information content (AvgIpc) is 2.60. The first kappa shape index (κ1) is 16.8. The van der Waals surface area contributed by atoms with Crippen molar-refractivity contribution in [3.8, 4) is 17.6 Å². The molecule has 0 N–H and O–H groups in total. The summed E-state index contributed by atoms with van der Waals surface area (Å²) in [5.74, 6) is 1.05. The molecule has 2 aromatic carbocycles. The maximum Gasteiger partial charge on any atom is 0.185 e. The van der Waals surface area contributed by atoms with E-state index >= 15 is 0 Å². The van der Waals surface area contributed by atoms with Crippen LogP contribution in [0.1, 0.15) is 21.5 Å². The van der Waals surface area contributed by atoms with Gasteiger partial charge in [-0.15, -0.1) is 0 Å². The van der Waals surface area contributed by atoms with Crippen LogP contribution in [-0.4, -0.2) is 20.0 Å². The lowest BCUT2D eigenvalue weighted by atomic mass is 10.1. The Hall–Kier alpha value is -2.58. The van der Waals surface area contributed by atoms with E-state index < -0.39 is 0 Å². The third kappa shape index (κ3) is 3.99. The molecule has 5 heteroatoms. The SMILES string of the molecule is COc1cc(Br)c(/C=C/C(=O)c2ccc(C#N)cc2)cc1OC. The van der Waals surface area contributed by atoms with Gasteiger partial charge in [0.15, 0.2) is 17.3 Å². The van der Waals surface area contributed by atoms with Gasteiger partial charge in [0.1, 0.15) is 0 Å². The minimum absolute atomic E-state index is 0.142. The predicted octanol–water partition coefficient (Wildman–Crippen LogP) is 4.23. The van der Waals surface area contributed by atoms with Crippen LogP contribution in [0.2, 0.25) is 0 Å². The third-order valence-electron chi connectivity index (χ3n) is 3.22. The standard InChI is InChI=1S/C18H14BrNO3/c1-22-17-9-14(15(19)10-18(17)23-2)7-8-16(21)13-5-3-12(11-20)4-6-13/h3-10H,1-2H3/b8-7+. The summed E-state index contributed by atoms with van der Waals surface area (Å²) in [5, 5.41) is 8.77. The monoisotopic (exact) mass is 371 g/mol. The first-order chi connectivity index (χ1) is 11.1. The summed E-state index contributed by atoms with van der Waals surface area (Å²) >= 11 is 3.44. The van der Waals surface area contributed by atoms with Gasteiger partial charge in [-0.1, -0.05) is 15.9 Å². The van der Waals surface area contributed by atoms with E-state index in [4.69, 9.17) is 14.7 Å². The molecular weight excluding hydrogens is 358 g/mol. The van der Waals surface area contributed by atoms with Crippen molar-refractivity contribution in [2.24, 2.45) is 0 Å². The lowest BCUT2D eigenvalue weighted by Crippen LogP contribution is -1.95. The van der Waals surface area contributed by atoms with Crippen molar-refractivity contribution in [3.63, 3.8) is 0 Å². The average molecular weight is 372 g/mol. The Morgan fingerprint density at radius 2 is 1.74 bits per heavy atom. The molecule has 0 saturated heterocycles. The highest BCUT2D eigenvalue weighted by Gasteiger charge is 2.08. The smallest absolute Gasteiger partial charge is 0.185 e. The molecule has 4 nitrogen and oxygen atoms in total. The van der Waals surface area contributed by atoms with E-state index in [1.165, 1.54) is 6.08 Å². The van der Waals surface area contributed by atoms with Crippen molar-refractivity contribution in [2.75, 3.05) is 14.2 Å². The van der Waals surface area contributed by atoms with Gasteiger partial charge in [0.2, 0.25) is 0 Å². The number of hydrogen-bond donors (Lipinski definition) is 0. The lowest BCUT2D eigenvalue weighted by Gasteiger charge is -2.09. The highest BCUT2D eigenvalue weighted by atomic mass is 79.9. The van der Waals surface area contributed by atoms with E-state index in [1.54, 1.807) is 56.7 Å². The topological polar surface area (TPSA) is 59.3 Å². The quantitative estimate of drug-likeness (QED) is 0.582. The molecule has 0 heterocycles. The Morgan fingerprint density at radius 1 is 1.13 bits per heavy atom. The maximum absolute atomic E-state index is 12.2. The minimum Gasteiger partial charge on any atom is -0.493 e. The molecular formula is C18H14BrNO3. The van der Waals surface area contributed by atoms with E-state index in [2.05, 4.69) is 15.9 Å².